The van der Waals surface area contributed by atoms with Gasteiger partial charge in [-0.05, 0) is 26.0 Å². The summed E-state index contributed by atoms with van der Waals surface area (Å²) in [5, 5.41) is 2.66. The molecule has 1 aliphatic rings. The molecule has 1 aliphatic heterocycles. The van der Waals surface area contributed by atoms with Crippen LogP contribution in [0.3, 0.4) is 0 Å². The average molecular weight is 339 g/mol. The van der Waals surface area contributed by atoms with E-state index in [1.807, 2.05) is 0 Å². The highest BCUT2D eigenvalue weighted by molar-refractivity contribution is 7.89. The van der Waals surface area contributed by atoms with Crippen LogP contribution < -0.4 is 11.1 Å². The van der Waals surface area contributed by atoms with Crippen molar-refractivity contribution in [2.45, 2.75) is 24.3 Å². The number of carbonyl (C=O) groups is 1. The molecule has 1 N–H and O–H groups in total. The summed E-state index contributed by atoms with van der Waals surface area (Å²) in [4.78, 5) is 23.5. The first-order chi connectivity index (χ1) is 10.7. The number of hydrogen-bond donors (Lipinski definition) is 1. The van der Waals surface area contributed by atoms with E-state index < -0.39 is 21.3 Å². The Balaban J connectivity index is 2.12. The highest BCUT2D eigenvalue weighted by Gasteiger charge is 2.44. The van der Waals surface area contributed by atoms with Gasteiger partial charge in [-0.15, -0.1) is 0 Å². The lowest BCUT2D eigenvalue weighted by molar-refractivity contribution is -0.131. The van der Waals surface area contributed by atoms with Crippen molar-refractivity contribution >= 4 is 27.0 Å². The lowest BCUT2D eigenvalue weighted by atomic mass is 10.0. The molecule has 9 heteroatoms. The second-order valence-electron chi connectivity index (χ2n) is 5.95. The van der Waals surface area contributed by atoms with Crippen LogP contribution in [0.2, 0.25) is 0 Å². The highest BCUT2D eigenvalue weighted by Crippen LogP contribution is 2.28. The van der Waals surface area contributed by atoms with Gasteiger partial charge in [0.05, 0.1) is 10.4 Å². The van der Waals surface area contributed by atoms with Crippen molar-refractivity contribution in [1.29, 1.82) is 0 Å². The monoisotopic (exact) mass is 339 g/mol. The molecule has 0 radical (unpaired) electrons. The van der Waals surface area contributed by atoms with Crippen LogP contribution in [-0.2, 0) is 21.9 Å². The molecule has 0 aliphatic carbocycles. The summed E-state index contributed by atoms with van der Waals surface area (Å²) in [7, 11) is -2.35. The third-order valence-electron chi connectivity index (χ3n) is 4.13. The molecule has 3 rings (SSSR count). The average Bonchev–Trinajstić information content (AvgIpc) is 2.76. The SMILES string of the molecule is Cn1c(=O)oc2cc(S(=O)(=O)N3CCNC(=O)C3(C)C)ccc21. The number of piperazine rings is 1. The summed E-state index contributed by atoms with van der Waals surface area (Å²) in [5.74, 6) is -0.910. The molecule has 0 atom stereocenters. The van der Waals surface area contributed by atoms with E-state index in [1.165, 1.54) is 27.1 Å². The minimum Gasteiger partial charge on any atom is -0.408 e. The van der Waals surface area contributed by atoms with Crippen molar-refractivity contribution in [3.63, 3.8) is 0 Å². The first kappa shape index (κ1) is 15.8. The maximum Gasteiger partial charge on any atom is 0.419 e. The summed E-state index contributed by atoms with van der Waals surface area (Å²) >= 11 is 0. The molecule has 2 aromatic rings. The van der Waals surface area contributed by atoms with Gasteiger partial charge in [-0.25, -0.2) is 13.2 Å². The Bertz CT molecular complexity index is 954. The van der Waals surface area contributed by atoms with Crippen LogP contribution in [0.25, 0.3) is 11.1 Å². The number of fused-ring (bicyclic) bond motifs is 1. The standard InChI is InChI=1S/C14H17N3O5S/c1-14(2)12(18)15-6-7-17(14)23(20,21)9-4-5-10-11(8-9)22-13(19)16(10)3/h4-5,8H,6-7H2,1-3H3,(H,15,18). The van der Waals surface area contributed by atoms with Crippen LogP contribution >= 0.6 is 0 Å². The molecule has 0 bridgehead atoms. The van der Waals surface area contributed by atoms with E-state index in [-0.39, 0.29) is 29.5 Å². The van der Waals surface area contributed by atoms with Crippen LogP contribution in [0, 0.1) is 0 Å². The molecule has 1 aromatic heterocycles. The predicted molar refractivity (Wildman–Crippen MR) is 82.4 cm³/mol. The number of sulfonamides is 1. The van der Waals surface area contributed by atoms with E-state index in [2.05, 4.69) is 5.32 Å². The molecule has 0 unspecified atom stereocenters. The molecule has 1 aromatic carbocycles. The van der Waals surface area contributed by atoms with E-state index in [9.17, 15) is 18.0 Å². The maximum atomic E-state index is 12.9. The molecule has 8 nitrogen and oxygen atoms in total. The zero-order valence-corrected chi connectivity index (χ0v) is 13.8. The fraction of sp³-hybridized carbons (Fsp3) is 0.429. The predicted octanol–water partition coefficient (Wildman–Crippen LogP) is 0.0306. The van der Waals surface area contributed by atoms with Gasteiger partial charge in [0.15, 0.2) is 5.58 Å². The van der Waals surface area contributed by atoms with Gasteiger partial charge in [0, 0.05) is 26.2 Å². The van der Waals surface area contributed by atoms with Crippen LogP contribution in [0.4, 0.5) is 0 Å². The number of hydrogen-bond acceptors (Lipinski definition) is 5. The first-order valence-corrected chi connectivity index (χ1v) is 8.50. The lowest BCUT2D eigenvalue weighted by Crippen LogP contribution is -2.63. The van der Waals surface area contributed by atoms with E-state index >= 15 is 0 Å². The number of rotatable bonds is 2. The lowest BCUT2D eigenvalue weighted by Gasteiger charge is -2.39. The Morgan fingerprint density at radius 2 is 1.96 bits per heavy atom. The molecular weight excluding hydrogens is 322 g/mol. The summed E-state index contributed by atoms with van der Waals surface area (Å²) in [6.07, 6.45) is 0. The van der Waals surface area contributed by atoms with Crippen molar-refractivity contribution in [2.24, 2.45) is 7.05 Å². The fourth-order valence-corrected chi connectivity index (χ4v) is 4.47. The Kier molecular flexibility index (Phi) is 3.38. The summed E-state index contributed by atoms with van der Waals surface area (Å²) < 4.78 is 33.3. The van der Waals surface area contributed by atoms with Crippen molar-refractivity contribution in [3.05, 3.63) is 28.7 Å². The third-order valence-corrected chi connectivity index (χ3v) is 6.20. The number of aryl methyl sites for hydroxylation is 1. The second kappa shape index (κ2) is 4.93. The first-order valence-electron chi connectivity index (χ1n) is 7.06. The smallest absolute Gasteiger partial charge is 0.408 e. The summed E-state index contributed by atoms with van der Waals surface area (Å²) in [5.41, 5.74) is -0.494. The van der Waals surface area contributed by atoms with Gasteiger partial charge < -0.3 is 9.73 Å². The molecular formula is C14H17N3O5S. The third kappa shape index (κ3) is 2.27. The highest BCUT2D eigenvalue weighted by atomic mass is 32.2. The maximum absolute atomic E-state index is 12.9. The number of aromatic nitrogens is 1. The molecule has 23 heavy (non-hydrogen) atoms. The van der Waals surface area contributed by atoms with Gasteiger partial charge in [-0.3, -0.25) is 9.36 Å². The fourth-order valence-electron chi connectivity index (χ4n) is 2.70. The molecule has 1 saturated heterocycles. The number of amides is 1. The zero-order valence-electron chi connectivity index (χ0n) is 13.0. The van der Waals surface area contributed by atoms with Gasteiger partial charge in [-0.2, -0.15) is 4.31 Å². The Morgan fingerprint density at radius 3 is 2.65 bits per heavy atom. The number of benzene rings is 1. The molecule has 0 spiro atoms. The zero-order chi connectivity index (χ0) is 17.0. The molecule has 1 fully saturated rings. The van der Waals surface area contributed by atoms with Crippen LogP contribution in [-0.4, -0.2) is 41.8 Å². The molecule has 0 saturated carbocycles. The van der Waals surface area contributed by atoms with Crippen molar-refractivity contribution in [3.8, 4) is 0 Å². The quantitative estimate of drug-likeness (QED) is 0.832. The second-order valence-corrected chi connectivity index (χ2v) is 7.81. The summed E-state index contributed by atoms with van der Waals surface area (Å²) in [6.45, 7) is 3.54. The molecule has 124 valence electrons. The van der Waals surface area contributed by atoms with Crippen LogP contribution in [0.5, 0.6) is 0 Å². The number of carbonyl (C=O) groups excluding carboxylic acids is 1. The minimum absolute atomic E-state index is 0.0119. The van der Waals surface area contributed by atoms with E-state index in [1.54, 1.807) is 20.9 Å². The van der Waals surface area contributed by atoms with Gasteiger partial charge in [-0.1, -0.05) is 0 Å². The van der Waals surface area contributed by atoms with E-state index in [0.717, 1.165) is 0 Å². The van der Waals surface area contributed by atoms with Crippen molar-refractivity contribution in [2.75, 3.05) is 13.1 Å². The Hall–Kier alpha value is -2.13. The van der Waals surface area contributed by atoms with Crippen LogP contribution in [0.1, 0.15) is 13.8 Å². The van der Waals surface area contributed by atoms with Gasteiger partial charge in [0.1, 0.15) is 5.54 Å². The van der Waals surface area contributed by atoms with Gasteiger partial charge >= 0.3 is 5.76 Å². The van der Waals surface area contributed by atoms with Crippen molar-refractivity contribution < 1.29 is 17.6 Å². The van der Waals surface area contributed by atoms with E-state index in [4.69, 9.17) is 4.42 Å². The van der Waals surface area contributed by atoms with Crippen LogP contribution in [0.15, 0.2) is 32.3 Å². The van der Waals surface area contributed by atoms with Gasteiger partial charge in [0.2, 0.25) is 15.9 Å². The minimum atomic E-state index is -3.90. The molecule has 2 heterocycles. The Morgan fingerprint density at radius 1 is 1.26 bits per heavy atom. The summed E-state index contributed by atoms with van der Waals surface area (Å²) in [6, 6.07) is 4.24. The van der Waals surface area contributed by atoms with Gasteiger partial charge in [0.25, 0.3) is 0 Å². The normalized spacial score (nSPS) is 19.0. The number of nitrogens with one attached hydrogen (secondary N) is 1. The topological polar surface area (TPSA) is 102 Å². The van der Waals surface area contributed by atoms with E-state index in [0.29, 0.717) is 5.52 Å². The Labute approximate surface area is 132 Å². The molecule has 1 amide bonds. The number of oxazole rings is 1. The number of nitrogens with zero attached hydrogens (tertiary/aromatic N) is 2. The largest absolute Gasteiger partial charge is 0.419 e. The van der Waals surface area contributed by atoms with Crippen molar-refractivity contribution in [1.82, 2.24) is 14.2 Å².